The van der Waals surface area contributed by atoms with Gasteiger partial charge >= 0.3 is 0 Å². The number of ether oxygens (including phenoxy) is 1. The molecule has 83 valence electrons. The molecule has 1 saturated heterocycles. The summed E-state index contributed by atoms with van der Waals surface area (Å²) < 4.78 is 5.06. The molecule has 0 bridgehead atoms. The molecule has 1 aliphatic rings. The van der Waals surface area contributed by atoms with Crippen LogP contribution >= 0.6 is 0 Å². The molecule has 1 nitrogen and oxygen atoms in total. The van der Waals surface area contributed by atoms with Crippen LogP contribution in [-0.4, -0.2) is 6.10 Å². The average molecular weight is 197 g/mol. The van der Waals surface area contributed by atoms with Gasteiger partial charge in [0.05, 0.1) is 6.10 Å². The molecule has 1 heteroatoms. The Morgan fingerprint density at radius 3 is 1.86 bits per heavy atom. The molecule has 1 atom stereocenters. The zero-order valence-electron chi connectivity index (χ0n) is 9.63. The van der Waals surface area contributed by atoms with Crippen LogP contribution in [0, 0.1) is 6.61 Å². The van der Waals surface area contributed by atoms with Gasteiger partial charge in [0.1, 0.15) is 6.61 Å². The quantitative estimate of drug-likeness (QED) is 0.372. The van der Waals surface area contributed by atoms with Gasteiger partial charge in [-0.3, -0.25) is 0 Å². The Morgan fingerprint density at radius 2 is 1.36 bits per heavy atom. The van der Waals surface area contributed by atoms with Crippen molar-refractivity contribution in [2.75, 3.05) is 0 Å². The summed E-state index contributed by atoms with van der Waals surface area (Å²) in [5.74, 6) is 0. The Bertz CT molecular complexity index is 118. The highest BCUT2D eigenvalue weighted by Crippen LogP contribution is 2.22. The van der Waals surface area contributed by atoms with Crippen molar-refractivity contribution in [3.63, 3.8) is 0 Å². The van der Waals surface area contributed by atoms with Crippen LogP contribution in [0.4, 0.5) is 0 Å². The van der Waals surface area contributed by atoms with Crippen molar-refractivity contribution < 1.29 is 4.74 Å². The van der Waals surface area contributed by atoms with E-state index in [0.717, 1.165) is 0 Å². The first-order valence-corrected chi connectivity index (χ1v) is 6.42. The lowest BCUT2D eigenvalue weighted by atomic mass is 10.1. The zero-order valence-corrected chi connectivity index (χ0v) is 9.63. The summed E-state index contributed by atoms with van der Waals surface area (Å²) in [5.41, 5.74) is 0. The summed E-state index contributed by atoms with van der Waals surface area (Å²) >= 11 is 0. The molecular formula is C13H25O. The highest BCUT2D eigenvalue weighted by Gasteiger charge is 2.21. The molecular weight excluding hydrogens is 172 g/mol. The Labute approximate surface area is 89.2 Å². The molecule has 0 aliphatic carbocycles. The number of epoxide rings is 1. The smallest absolute Gasteiger partial charge is 0.113 e. The predicted octanol–water partition coefficient (Wildman–Crippen LogP) is 4.47. The van der Waals surface area contributed by atoms with Crippen LogP contribution in [0.3, 0.4) is 0 Å². The van der Waals surface area contributed by atoms with Crippen molar-refractivity contribution in [2.45, 2.75) is 77.2 Å². The van der Waals surface area contributed by atoms with E-state index in [1.54, 1.807) is 0 Å². The fraction of sp³-hybridized carbons (Fsp3) is 0.923. The van der Waals surface area contributed by atoms with E-state index in [1.165, 1.54) is 64.2 Å². The zero-order chi connectivity index (χ0) is 10.1. The van der Waals surface area contributed by atoms with Gasteiger partial charge in [-0.05, 0) is 6.42 Å². The molecule has 0 aromatic carbocycles. The van der Waals surface area contributed by atoms with Crippen LogP contribution in [0.25, 0.3) is 0 Å². The number of hydrogen-bond acceptors (Lipinski definition) is 1. The summed E-state index contributed by atoms with van der Waals surface area (Å²) in [6.45, 7) is 4.22. The molecule has 0 N–H and O–H groups in total. The van der Waals surface area contributed by atoms with Crippen LogP contribution in [0.2, 0.25) is 0 Å². The maximum absolute atomic E-state index is 5.06. The minimum atomic E-state index is 0.527. The number of hydrogen-bond donors (Lipinski definition) is 0. The molecule has 1 rings (SSSR count). The molecule has 0 spiro atoms. The van der Waals surface area contributed by atoms with Gasteiger partial charge in [-0.2, -0.15) is 0 Å². The standard InChI is InChI=1S/C13H25O/c1-2-3-4-5-6-7-8-9-10-11-13-12-14-13/h12-13H,2-11H2,1H3. The predicted molar refractivity (Wildman–Crippen MR) is 61.0 cm³/mol. The van der Waals surface area contributed by atoms with E-state index in [4.69, 9.17) is 4.74 Å². The van der Waals surface area contributed by atoms with Crippen molar-refractivity contribution in [3.05, 3.63) is 6.61 Å². The normalized spacial score (nSPS) is 19.9. The lowest BCUT2D eigenvalue weighted by Gasteiger charge is -2.00. The highest BCUT2D eigenvalue weighted by molar-refractivity contribution is 4.82. The van der Waals surface area contributed by atoms with Crippen molar-refractivity contribution >= 4 is 0 Å². The third kappa shape index (κ3) is 7.37. The van der Waals surface area contributed by atoms with Crippen LogP contribution in [-0.2, 0) is 4.74 Å². The first-order valence-electron chi connectivity index (χ1n) is 6.42. The van der Waals surface area contributed by atoms with Crippen LogP contribution in [0.15, 0.2) is 0 Å². The summed E-state index contributed by atoms with van der Waals surface area (Å²) in [4.78, 5) is 0. The highest BCUT2D eigenvalue weighted by atomic mass is 16.6. The fourth-order valence-electron chi connectivity index (χ4n) is 1.85. The molecule has 0 saturated carbocycles. The van der Waals surface area contributed by atoms with Gasteiger partial charge in [-0.1, -0.05) is 64.7 Å². The average Bonchev–Trinajstić information content (AvgIpc) is 2.99. The van der Waals surface area contributed by atoms with Gasteiger partial charge in [-0.25, -0.2) is 0 Å². The van der Waals surface area contributed by atoms with Gasteiger partial charge < -0.3 is 4.74 Å². The lowest BCUT2D eigenvalue weighted by Crippen LogP contribution is -1.85. The first kappa shape index (κ1) is 12.0. The number of rotatable bonds is 10. The molecule has 0 aromatic heterocycles. The van der Waals surface area contributed by atoms with Crippen LogP contribution in [0.1, 0.15) is 71.1 Å². The van der Waals surface area contributed by atoms with Crippen molar-refractivity contribution in [2.24, 2.45) is 0 Å². The summed E-state index contributed by atoms with van der Waals surface area (Å²) in [5, 5.41) is 0. The largest absolute Gasteiger partial charge is 0.367 e. The number of unbranched alkanes of at least 4 members (excludes halogenated alkanes) is 8. The van der Waals surface area contributed by atoms with Crippen molar-refractivity contribution in [1.29, 1.82) is 0 Å². The summed E-state index contributed by atoms with van der Waals surface area (Å²) in [7, 11) is 0. The molecule has 1 unspecified atom stereocenters. The maximum atomic E-state index is 5.06. The minimum absolute atomic E-state index is 0.527. The van der Waals surface area contributed by atoms with E-state index in [9.17, 15) is 0 Å². The molecule has 1 aliphatic heterocycles. The molecule has 1 radical (unpaired) electrons. The summed E-state index contributed by atoms with van der Waals surface area (Å²) in [6.07, 6.45) is 14.6. The monoisotopic (exact) mass is 197 g/mol. The molecule has 14 heavy (non-hydrogen) atoms. The second-order valence-corrected chi connectivity index (χ2v) is 4.43. The van der Waals surface area contributed by atoms with E-state index >= 15 is 0 Å². The Hall–Kier alpha value is -0.0400. The SMILES string of the molecule is CCCCCCCCCCCC1[CH]O1. The Kier molecular flexibility index (Phi) is 7.12. The third-order valence-electron chi connectivity index (χ3n) is 2.92. The van der Waals surface area contributed by atoms with E-state index in [0.29, 0.717) is 6.10 Å². The van der Waals surface area contributed by atoms with Crippen molar-refractivity contribution in [1.82, 2.24) is 0 Å². The van der Waals surface area contributed by atoms with E-state index < -0.39 is 0 Å². The molecule has 1 fully saturated rings. The second-order valence-electron chi connectivity index (χ2n) is 4.43. The second kappa shape index (κ2) is 8.28. The first-order chi connectivity index (χ1) is 6.93. The van der Waals surface area contributed by atoms with E-state index in [2.05, 4.69) is 6.92 Å². The molecule has 0 aromatic rings. The van der Waals surface area contributed by atoms with Crippen LogP contribution < -0.4 is 0 Å². The van der Waals surface area contributed by atoms with Gasteiger partial charge in [-0.15, -0.1) is 0 Å². The van der Waals surface area contributed by atoms with Gasteiger partial charge in [0.2, 0.25) is 0 Å². The third-order valence-corrected chi connectivity index (χ3v) is 2.92. The minimum Gasteiger partial charge on any atom is -0.367 e. The lowest BCUT2D eigenvalue weighted by molar-refractivity contribution is 0.399. The van der Waals surface area contributed by atoms with Crippen molar-refractivity contribution in [3.8, 4) is 0 Å². The van der Waals surface area contributed by atoms with E-state index in [1.807, 2.05) is 6.61 Å². The van der Waals surface area contributed by atoms with Gasteiger partial charge in [0.15, 0.2) is 0 Å². The fourth-order valence-corrected chi connectivity index (χ4v) is 1.85. The van der Waals surface area contributed by atoms with Crippen LogP contribution in [0.5, 0.6) is 0 Å². The van der Waals surface area contributed by atoms with E-state index in [-0.39, 0.29) is 0 Å². The Morgan fingerprint density at radius 1 is 0.857 bits per heavy atom. The Balaban J connectivity index is 1.63. The molecule has 1 heterocycles. The molecule has 0 amide bonds. The summed E-state index contributed by atoms with van der Waals surface area (Å²) in [6, 6.07) is 0. The topological polar surface area (TPSA) is 12.5 Å². The van der Waals surface area contributed by atoms with Gasteiger partial charge in [0.25, 0.3) is 0 Å². The maximum Gasteiger partial charge on any atom is 0.113 e. The van der Waals surface area contributed by atoms with Gasteiger partial charge in [0, 0.05) is 0 Å².